The summed E-state index contributed by atoms with van der Waals surface area (Å²) in [6.45, 7) is 3.85. The van der Waals surface area contributed by atoms with Crippen LogP contribution in [0, 0.1) is 13.8 Å². The average molecular weight is 213 g/mol. The molecule has 0 amide bonds. The Morgan fingerprint density at radius 3 is 2.81 bits per heavy atom. The first-order valence-electron chi connectivity index (χ1n) is 5.09. The van der Waals surface area contributed by atoms with Crippen LogP contribution in [-0.4, -0.2) is 24.6 Å². The molecule has 3 rings (SSSR count). The summed E-state index contributed by atoms with van der Waals surface area (Å²) in [4.78, 5) is 8.80. The molecule has 16 heavy (non-hydrogen) atoms. The molecular formula is C11H11N5. The normalized spacial score (nSPS) is 11.1. The molecular weight excluding hydrogens is 202 g/mol. The van der Waals surface area contributed by atoms with Crippen LogP contribution in [0.3, 0.4) is 0 Å². The zero-order chi connectivity index (χ0) is 11.1. The number of imidazole rings is 1. The Balaban J connectivity index is 2.34. The predicted molar refractivity (Wildman–Crippen MR) is 60.0 cm³/mol. The average Bonchev–Trinajstić information content (AvgIpc) is 2.80. The number of rotatable bonds is 1. The molecule has 0 radical (unpaired) electrons. The summed E-state index contributed by atoms with van der Waals surface area (Å²) >= 11 is 0. The van der Waals surface area contributed by atoms with Gasteiger partial charge < -0.3 is 0 Å². The summed E-state index contributed by atoms with van der Waals surface area (Å²) in [6, 6.07) is 5.90. The highest BCUT2D eigenvalue weighted by molar-refractivity contribution is 5.60. The Morgan fingerprint density at radius 2 is 2.06 bits per heavy atom. The minimum atomic E-state index is 0.689. The van der Waals surface area contributed by atoms with Crippen molar-refractivity contribution in [3.8, 4) is 11.5 Å². The summed E-state index contributed by atoms with van der Waals surface area (Å²) < 4.78 is 2.00. The van der Waals surface area contributed by atoms with Gasteiger partial charge in [0.1, 0.15) is 17.2 Å². The molecule has 0 atom stereocenters. The van der Waals surface area contributed by atoms with Crippen molar-refractivity contribution in [3.05, 3.63) is 35.9 Å². The van der Waals surface area contributed by atoms with Crippen LogP contribution >= 0.6 is 0 Å². The van der Waals surface area contributed by atoms with E-state index in [0.29, 0.717) is 5.82 Å². The van der Waals surface area contributed by atoms with Crippen molar-refractivity contribution in [2.75, 3.05) is 0 Å². The van der Waals surface area contributed by atoms with E-state index in [-0.39, 0.29) is 0 Å². The second kappa shape index (κ2) is 3.16. The van der Waals surface area contributed by atoms with Gasteiger partial charge >= 0.3 is 0 Å². The minimum absolute atomic E-state index is 0.689. The van der Waals surface area contributed by atoms with Crippen LogP contribution in [0.4, 0.5) is 0 Å². The van der Waals surface area contributed by atoms with E-state index < -0.39 is 0 Å². The molecule has 80 valence electrons. The molecule has 0 unspecified atom stereocenters. The number of aromatic nitrogens is 5. The van der Waals surface area contributed by atoms with Gasteiger partial charge in [-0.15, -0.1) is 0 Å². The fourth-order valence-corrected chi connectivity index (χ4v) is 1.83. The van der Waals surface area contributed by atoms with Gasteiger partial charge in [-0.3, -0.25) is 9.50 Å². The molecule has 0 saturated heterocycles. The molecule has 5 nitrogen and oxygen atoms in total. The van der Waals surface area contributed by atoms with Crippen LogP contribution in [0.25, 0.3) is 17.2 Å². The topological polar surface area (TPSA) is 58.9 Å². The Labute approximate surface area is 92.2 Å². The molecule has 0 spiro atoms. The number of hydrogen-bond donors (Lipinski definition) is 1. The third-order valence-corrected chi connectivity index (χ3v) is 2.51. The Bertz CT molecular complexity index is 649. The van der Waals surface area contributed by atoms with Crippen LogP contribution in [-0.2, 0) is 0 Å². The first-order chi connectivity index (χ1) is 7.75. The lowest BCUT2D eigenvalue weighted by Crippen LogP contribution is -1.90. The number of nitrogens with one attached hydrogen (secondary N) is 1. The zero-order valence-corrected chi connectivity index (χ0v) is 9.10. The number of nitrogens with zero attached hydrogens (tertiary/aromatic N) is 4. The standard InChI is InChI=1S/C11H11N5/c1-7-10(11-13-8(2)14-15-11)16-6-4-3-5-9(16)12-7/h3-6H,1-2H3,(H,13,14,15). The highest BCUT2D eigenvalue weighted by atomic mass is 15.2. The maximum Gasteiger partial charge on any atom is 0.200 e. The molecule has 0 fully saturated rings. The first kappa shape index (κ1) is 9.08. The Kier molecular flexibility index (Phi) is 1.80. The minimum Gasteiger partial charge on any atom is -0.297 e. The molecule has 0 aliphatic carbocycles. The monoisotopic (exact) mass is 213 g/mol. The van der Waals surface area contributed by atoms with Gasteiger partial charge in [-0.25, -0.2) is 9.97 Å². The van der Waals surface area contributed by atoms with Crippen LogP contribution in [0.5, 0.6) is 0 Å². The van der Waals surface area contributed by atoms with Crippen LogP contribution < -0.4 is 0 Å². The van der Waals surface area contributed by atoms with Crippen molar-refractivity contribution in [1.29, 1.82) is 0 Å². The smallest absolute Gasteiger partial charge is 0.200 e. The maximum absolute atomic E-state index is 4.47. The van der Waals surface area contributed by atoms with Crippen molar-refractivity contribution >= 4 is 5.65 Å². The lowest BCUT2D eigenvalue weighted by Gasteiger charge is -1.96. The Morgan fingerprint density at radius 1 is 1.19 bits per heavy atom. The molecule has 0 aliphatic rings. The second-order valence-electron chi connectivity index (χ2n) is 3.72. The number of hydrogen-bond acceptors (Lipinski definition) is 3. The summed E-state index contributed by atoms with van der Waals surface area (Å²) in [6.07, 6.45) is 1.97. The van der Waals surface area contributed by atoms with Crippen molar-refractivity contribution in [2.24, 2.45) is 0 Å². The quantitative estimate of drug-likeness (QED) is 0.669. The highest BCUT2D eigenvalue weighted by Crippen LogP contribution is 2.20. The largest absolute Gasteiger partial charge is 0.297 e. The number of aryl methyl sites for hydroxylation is 2. The lowest BCUT2D eigenvalue weighted by molar-refractivity contribution is 1.03. The van der Waals surface area contributed by atoms with E-state index in [0.717, 1.165) is 22.9 Å². The van der Waals surface area contributed by atoms with E-state index in [4.69, 9.17) is 0 Å². The van der Waals surface area contributed by atoms with Crippen molar-refractivity contribution in [1.82, 2.24) is 24.6 Å². The Hall–Kier alpha value is -2.17. The number of pyridine rings is 1. The lowest BCUT2D eigenvalue weighted by atomic mass is 10.3. The van der Waals surface area contributed by atoms with E-state index in [1.165, 1.54) is 0 Å². The fraction of sp³-hybridized carbons (Fsp3) is 0.182. The summed E-state index contributed by atoms with van der Waals surface area (Å²) in [7, 11) is 0. The SMILES string of the molecule is Cc1nc(-c2c(C)nc3ccccn23)n[nH]1. The summed E-state index contributed by atoms with van der Waals surface area (Å²) in [5.41, 5.74) is 2.79. The van der Waals surface area contributed by atoms with E-state index in [2.05, 4.69) is 20.2 Å². The number of fused-ring (bicyclic) bond motifs is 1. The highest BCUT2D eigenvalue weighted by Gasteiger charge is 2.13. The molecule has 1 N–H and O–H groups in total. The van der Waals surface area contributed by atoms with Crippen LogP contribution in [0.15, 0.2) is 24.4 Å². The van der Waals surface area contributed by atoms with Gasteiger partial charge in [0.2, 0.25) is 0 Å². The van der Waals surface area contributed by atoms with Gasteiger partial charge in [0.05, 0.1) is 5.69 Å². The van der Waals surface area contributed by atoms with Crippen molar-refractivity contribution in [2.45, 2.75) is 13.8 Å². The van der Waals surface area contributed by atoms with Gasteiger partial charge in [-0.05, 0) is 26.0 Å². The van der Waals surface area contributed by atoms with E-state index in [9.17, 15) is 0 Å². The maximum atomic E-state index is 4.47. The molecule has 3 heterocycles. The third kappa shape index (κ3) is 1.21. The second-order valence-corrected chi connectivity index (χ2v) is 3.72. The molecule has 0 aromatic carbocycles. The first-order valence-corrected chi connectivity index (χ1v) is 5.09. The fourth-order valence-electron chi connectivity index (χ4n) is 1.83. The van der Waals surface area contributed by atoms with Gasteiger partial charge in [0.15, 0.2) is 5.82 Å². The number of H-pyrrole nitrogens is 1. The van der Waals surface area contributed by atoms with Gasteiger partial charge in [-0.1, -0.05) is 6.07 Å². The zero-order valence-electron chi connectivity index (χ0n) is 9.10. The van der Waals surface area contributed by atoms with E-state index >= 15 is 0 Å². The summed E-state index contributed by atoms with van der Waals surface area (Å²) in [5.74, 6) is 1.49. The third-order valence-electron chi connectivity index (χ3n) is 2.51. The molecule has 5 heteroatoms. The van der Waals surface area contributed by atoms with Crippen LogP contribution in [0.1, 0.15) is 11.5 Å². The van der Waals surface area contributed by atoms with E-state index in [1.54, 1.807) is 0 Å². The van der Waals surface area contributed by atoms with Gasteiger partial charge in [-0.2, -0.15) is 5.10 Å². The van der Waals surface area contributed by atoms with Gasteiger partial charge in [0.25, 0.3) is 0 Å². The van der Waals surface area contributed by atoms with Crippen molar-refractivity contribution in [3.63, 3.8) is 0 Å². The molecule has 3 aromatic rings. The predicted octanol–water partition coefficient (Wildman–Crippen LogP) is 1.74. The molecule has 0 saturated carbocycles. The van der Waals surface area contributed by atoms with E-state index in [1.807, 2.05) is 42.6 Å². The number of aromatic amines is 1. The molecule has 3 aromatic heterocycles. The van der Waals surface area contributed by atoms with Crippen LogP contribution in [0.2, 0.25) is 0 Å². The molecule has 0 aliphatic heterocycles. The summed E-state index contributed by atoms with van der Waals surface area (Å²) in [5, 5.41) is 7.02. The van der Waals surface area contributed by atoms with Crippen molar-refractivity contribution < 1.29 is 0 Å². The molecule has 0 bridgehead atoms. The van der Waals surface area contributed by atoms with Gasteiger partial charge in [0, 0.05) is 6.20 Å².